The lowest BCUT2D eigenvalue weighted by molar-refractivity contribution is -0.122. The van der Waals surface area contributed by atoms with Crippen molar-refractivity contribution in [3.8, 4) is 23.0 Å². The van der Waals surface area contributed by atoms with Crippen molar-refractivity contribution >= 4 is 49.7 Å². The Morgan fingerprint density at radius 2 is 1.01 bits per heavy atom. The maximum atomic E-state index is 14.9. The second-order valence-corrected chi connectivity index (χ2v) is 19.2. The first-order valence-electron chi connectivity index (χ1n) is 22.5. The molecule has 0 amide bonds. The Hall–Kier alpha value is -6.82. The summed E-state index contributed by atoms with van der Waals surface area (Å²) in [6, 6.07) is 46.0. The minimum absolute atomic E-state index is 0.00215. The van der Waals surface area contributed by atoms with Crippen LogP contribution in [0.5, 0.6) is 23.0 Å². The fourth-order valence-electron chi connectivity index (χ4n) is 9.12. The van der Waals surface area contributed by atoms with E-state index in [0.717, 1.165) is 0 Å². The van der Waals surface area contributed by atoms with E-state index < -0.39 is 58.0 Å². The first-order valence-corrected chi connectivity index (χ1v) is 25.0. The second kappa shape index (κ2) is 21.0. The Labute approximate surface area is 432 Å². The van der Waals surface area contributed by atoms with Crippen LogP contribution in [0.1, 0.15) is 39.6 Å². The lowest BCUT2D eigenvalue weighted by atomic mass is 9.79. The molecule has 2 aromatic heterocycles. The molecular formula is C53H47F3IN5O10S. The summed E-state index contributed by atoms with van der Waals surface area (Å²) < 4.78 is 123. The zero-order valence-electron chi connectivity index (χ0n) is 39.5. The molecule has 378 valence electrons. The molecule has 6 aromatic carbocycles. The number of nitrogens with zero attached hydrogens (tertiary/aromatic N) is 4. The Kier molecular flexibility index (Phi) is 14.7. The highest BCUT2D eigenvalue weighted by atomic mass is 127. The van der Waals surface area contributed by atoms with Crippen LogP contribution in [0.2, 0.25) is 0 Å². The Balaban J connectivity index is 1.30. The van der Waals surface area contributed by atoms with Gasteiger partial charge in [-0.25, -0.2) is 15.0 Å². The quantitative estimate of drug-likeness (QED) is 0.0282. The van der Waals surface area contributed by atoms with E-state index in [1.807, 2.05) is 52.9 Å². The number of methoxy groups -OCH3 is 4. The molecular weight excluding hydrogens is 1080 g/mol. The molecule has 1 aliphatic heterocycles. The predicted octanol–water partition coefficient (Wildman–Crippen LogP) is 9.57. The number of anilines is 1. The Morgan fingerprint density at radius 3 is 1.44 bits per heavy atom. The molecule has 9 rings (SSSR count). The molecule has 1 fully saturated rings. The molecule has 2 N–H and O–H groups in total. The summed E-state index contributed by atoms with van der Waals surface area (Å²) >= 11 is 1.87. The molecule has 3 heterocycles. The zero-order valence-corrected chi connectivity index (χ0v) is 42.4. The van der Waals surface area contributed by atoms with E-state index >= 15 is 0 Å². The highest BCUT2D eigenvalue weighted by Crippen LogP contribution is 2.49. The van der Waals surface area contributed by atoms with E-state index in [0.29, 0.717) is 56.4 Å². The average molecular weight is 1130 g/mol. The number of benzene rings is 6. The summed E-state index contributed by atoms with van der Waals surface area (Å²) in [5, 5.41) is 0. The van der Waals surface area contributed by atoms with Gasteiger partial charge >= 0.3 is 15.6 Å². The van der Waals surface area contributed by atoms with E-state index in [1.165, 1.54) is 39.3 Å². The van der Waals surface area contributed by atoms with Gasteiger partial charge in [0.1, 0.15) is 58.0 Å². The van der Waals surface area contributed by atoms with Crippen LogP contribution in [0.3, 0.4) is 0 Å². The molecule has 73 heavy (non-hydrogen) atoms. The summed E-state index contributed by atoms with van der Waals surface area (Å²) in [6.07, 6.45) is -5.85. The minimum atomic E-state index is -6.44. The highest BCUT2D eigenvalue weighted by molar-refractivity contribution is 14.1. The number of alkyl halides is 3. The number of halogens is 4. The Bertz CT molecular complexity index is 3170. The van der Waals surface area contributed by atoms with Crippen molar-refractivity contribution in [3.63, 3.8) is 0 Å². The fraction of sp³-hybridized carbons (Fsp3) is 0.226. The second-order valence-electron chi connectivity index (χ2n) is 16.6. The predicted molar refractivity (Wildman–Crippen MR) is 272 cm³/mol. The number of nitrogen functional groups attached to an aromatic ring is 1. The van der Waals surface area contributed by atoms with E-state index in [2.05, 4.69) is 15.0 Å². The molecule has 8 aromatic rings. The lowest BCUT2D eigenvalue weighted by Crippen LogP contribution is -2.48. The van der Waals surface area contributed by atoms with Crippen LogP contribution in [0.4, 0.5) is 19.0 Å². The van der Waals surface area contributed by atoms with Crippen LogP contribution in [0, 0.1) is 3.83 Å². The molecule has 4 atom stereocenters. The summed E-state index contributed by atoms with van der Waals surface area (Å²) in [5.41, 5.74) is 0.482. The molecule has 0 spiro atoms. The normalized spacial score (nSPS) is 17.4. The van der Waals surface area contributed by atoms with Gasteiger partial charge in [-0.2, -0.15) is 21.6 Å². The molecule has 0 bridgehead atoms. The van der Waals surface area contributed by atoms with Gasteiger partial charge in [0.05, 0.1) is 41.4 Å². The van der Waals surface area contributed by atoms with Crippen LogP contribution >= 0.6 is 22.6 Å². The smallest absolute Gasteiger partial charge is 0.497 e. The SMILES string of the molecule is COc1ccc(C(OC[C@H]2O[C@@H](n3cnc4c(N)nc(I)nc43)[C@H](OC(c3ccccc3)(c3ccc(OC)cc3)c3ccc(OC)cc3)[C@@H]2OS(=O)(=O)C(F)(F)F)(c2ccccc2)c2ccc(OC)cc2)cc1. The number of fused-ring (bicyclic) bond motifs is 1. The Morgan fingerprint density at radius 1 is 0.603 bits per heavy atom. The van der Waals surface area contributed by atoms with Crippen molar-refractivity contribution in [1.82, 2.24) is 19.5 Å². The summed E-state index contributed by atoms with van der Waals surface area (Å²) in [4.78, 5) is 13.4. The van der Waals surface area contributed by atoms with Gasteiger partial charge in [-0.3, -0.25) is 8.75 Å². The molecule has 1 saturated heterocycles. The van der Waals surface area contributed by atoms with Crippen molar-refractivity contribution in [1.29, 1.82) is 0 Å². The van der Waals surface area contributed by atoms with Gasteiger partial charge in [0.15, 0.2) is 21.5 Å². The van der Waals surface area contributed by atoms with Gasteiger partial charge < -0.3 is 38.9 Å². The molecule has 20 heteroatoms. The van der Waals surface area contributed by atoms with Crippen LogP contribution in [0.15, 0.2) is 164 Å². The zero-order chi connectivity index (χ0) is 51.5. The first-order chi connectivity index (χ1) is 35.1. The molecule has 0 saturated carbocycles. The topological polar surface area (TPSA) is 178 Å². The third-order valence-electron chi connectivity index (χ3n) is 12.6. The molecule has 0 aliphatic carbocycles. The minimum Gasteiger partial charge on any atom is -0.497 e. The molecule has 0 radical (unpaired) electrons. The van der Waals surface area contributed by atoms with Gasteiger partial charge in [0.25, 0.3) is 0 Å². The van der Waals surface area contributed by atoms with E-state index in [1.54, 1.807) is 127 Å². The van der Waals surface area contributed by atoms with Gasteiger partial charge in [-0.1, -0.05) is 109 Å². The van der Waals surface area contributed by atoms with E-state index in [4.69, 9.17) is 43.1 Å². The first kappa shape index (κ1) is 51.1. The number of hydrogen-bond acceptors (Lipinski definition) is 14. The summed E-state index contributed by atoms with van der Waals surface area (Å²) in [5.74, 6) is 2.05. The van der Waals surface area contributed by atoms with Gasteiger partial charge in [-0.05, 0) is 81.9 Å². The molecule has 15 nitrogen and oxygen atoms in total. The fourth-order valence-corrected chi connectivity index (χ4v) is 10.2. The van der Waals surface area contributed by atoms with E-state index in [-0.39, 0.29) is 20.8 Å². The third kappa shape index (κ3) is 9.77. The number of hydrogen-bond donors (Lipinski definition) is 1. The molecule has 1 aliphatic rings. The van der Waals surface area contributed by atoms with Crippen molar-refractivity contribution in [3.05, 3.63) is 201 Å². The third-order valence-corrected chi connectivity index (χ3v) is 14.2. The van der Waals surface area contributed by atoms with Crippen molar-refractivity contribution < 1.29 is 58.9 Å². The number of rotatable bonds is 18. The number of ether oxygens (including phenoxy) is 7. The highest BCUT2D eigenvalue weighted by Gasteiger charge is 2.58. The maximum Gasteiger partial charge on any atom is 0.523 e. The number of nitrogens with two attached hydrogens (primary N) is 1. The number of imidazole rings is 1. The van der Waals surface area contributed by atoms with Gasteiger partial charge in [0.2, 0.25) is 0 Å². The van der Waals surface area contributed by atoms with Crippen molar-refractivity contribution in [2.75, 3.05) is 40.8 Å². The van der Waals surface area contributed by atoms with E-state index in [9.17, 15) is 21.6 Å². The van der Waals surface area contributed by atoms with Crippen molar-refractivity contribution in [2.24, 2.45) is 0 Å². The van der Waals surface area contributed by atoms with Crippen molar-refractivity contribution in [2.45, 2.75) is 41.3 Å². The van der Waals surface area contributed by atoms with Gasteiger partial charge in [-0.15, -0.1) is 0 Å². The average Bonchev–Trinajstić information content (AvgIpc) is 3.98. The van der Waals surface area contributed by atoms with Crippen LogP contribution in [-0.2, 0) is 39.7 Å². The number of aromatic nitrogens is 4. The maximum absolute atomic E-state index is 14.9. The molecule has 0 unspecified atom stereocenters. The van der Waals surface area contributed by atoms with Crippen LogP contribution in [-0.4, -0.2) is 86.8 Å². The summed E-state index contributed by atoms with van der Waals surface area (Å²) in [7, 11) is -0.363. The van der Waals surface area contributed by atoms with Crippen LogP contribution < -0.4 is 24.7 Å². The standard InChI is InChI=1S/C53H47F3IN5O10S/c1-65-39-23-15-35(16-24-39)51(33-11-7-5-8-12-33,36-17-25-40(66-2)26-18-36)69-31-43-45(72-73(63,64)53(54,55)56)46(49(70-43)62-32-59-44-47(58)60-50(57)61-48(44)62)71-52(34-13-9-6-10-14-34,37-19-27-41(67-3)28-20-37)38-21-29-42(68-4)30-22-38/h5-30,32,43,45-46,49H,31H2,1-4H3,(H2,58,60,61)/t43-,45-,46-,49-/m1/s1. The largest absolute Gasteiger partial charge is 0.523 e. The summed E-state index contributed by atoms with van der Waals surface area (Å²) in [6.45, 7) is -0.619. The monoisotopic (exact) mass is 1130 g/mol. The van der Waals surface area contributed by atoms with Gasteiger partial charge in [0, 0.05) is 22.6 Å². The van der Waals surface area contributed by atoms with Crippen LogP contribution in [0.25, 0.3) is 11.2 Å². The lowest BCUT2D eigenvalue weighted by Gasteiger charge is -2.40.